The summed E-state index contributed by atoms with van der Waals surface area (Å²) >= 11 is 0. The number of carbonyl (C=O) groups is 1. The van der Waals surface area contributed by atoms with Gasteiger partial charge in [0.25, 0.3) is 0 Å². The Morgan fingerprint density at radius 2 is 1.80 bits per heavy atom. The lowest BCUT2D eigenvalue weighted by atomic mass is 10.2. The summed E-state index contributed by atoms with van der Waals surface area (Å²) in [5.41, 5.74) is -0.0746. The van der Waals surface area contributed by atoms with Crippen molar-refractivity contribution in [2.75, 3.05) is 0 Å². The predicted octanol–water partition coefficient (Wildman–Crippen LogP) is 3.52. The topological polar surface area (TPSA) is 26.3 Å². The van der Waals surface area contributed by atoms with E-state index in [-0.39, 0.29) is 16.4 Å². The Morgan fingerprint density at radius 3 is 2.07 bits per heavy atom. The smallest absolute Gasteiger partial charge is 0.192 e. The predicted molar refractivity (Wildman–Crippen MR) is 65.5 cm³/mol. The molecule has 0 radical (unpaired) electrons. The lowest BCUT2D eigenvalue weighted by Crippen LogP contribution is -2.45. The molecular weight excluding hydrogens is 204 g/mol. The van der Waals surface area contributed by atoms with Gasteiger partial charge in [-0.05, 0) is 37.9 Å². The molecule has 1 rings (SSSR count). The van der Waals surface area contributed by atoms with E-state index in [2.05, 4.69) is 33.9 Å². The maximum absolute atomic E-state index is 11.2. The number of rotatable bonds is 4. The fourth-order valence-electron chi connectivity index (χ4n) is 1.60. The van der Waals surface area contributed by atoms with Crippen LogP contribution in [-0.4, -0.2) is 19.7 Å². The lowest BCUT2D eigenvalue weighted by molar-refractivity contribution is -0.119. The van der Waals surface area contributed by atoms with Crippen LogP contribution in [0.3, 0.4) is 0 Å². The number of ketones is 1. The second-order valence-electron chi connectivity index (χ2n) is 6.42. The third-order valence-corrected chi connectivity index (χ3v) is 8.21. The first kappa shape index (κ1) is 12.9. The number of carbonyl (C=O) groups excluding carboxylic acids is 1. The van der Waals surface area contributed by atoms with Gasteiger partial charge in [-0.1, -0.05) is 20.8 Å². The highest BCUT2D eigenvalue weighted by molar-refractivity contribution is 6.74. The first-order valence-corrected chi connectivity index (χ1v) is 8.68. The van der Waals surface area contributed by atoms with E-state index in [9.17, 15) is 4.79 Å². The molecule has 1 fully saturated rings. The molecule has 88 valence electrons. The molecule has 0 aliphatic heterocycles. The monoisotopic (exact) mass is 228 g/mol. The third kappa shape index (κ3) is 3.15. The molecule has 0 bridgehead atoms. The molecular formula is C12H24O2Si. The minimum Gasteiger partial charge on any atom is -0.411 e. The molecule has 0 spiro atoms. The minimum absolute atomic E-state index is 0.0746. The molecule has 0 heterocycles. The van der Waals surface area contributed by atoms with Gasteiger partial charge < -0.3 is 4.43 Å². The van der Waals surface area contributed by atoms with Crippen LogP contribution in [0.4, 0.5) is 0 Å². The van der Waals surface area contributed by atoms with Crippen molar-refractivity contribution in [2.24, 2.45) is 0 Å². The second-order valence-corrected chi connectivity index (χ2v) is 11.1. The average Bonchev–Trinajstić information content (AvgIpc) is 2.62. The van der Waals surface area contributed by atoms with E-state index in [0.717, 1.165) is 12.8 Å². The van der Waals surface area contributed by atoms with E-state index in [0.29, 0.717) is 6.42 Å². The molecule has 1 aliphatic rings. The van der Waals surface area contributed by atoms with Crippen LogP contribution in [0.25, 0.3) is 0 Å². The summed E-state index contributed by atoms with van der Waals surface area (Å²) in [4.78, 5) is 11.2. The van der Waals surface area contributed by atoms with Crippen LogP contribution >= 0.6 is 0 Å². The number of hydrogen-bond donors (Lipinski definition) is 0. The molecule has 2 nitrogen and oxygen atoms in total. The van der Waals surface area contributed by atoms with E-state index in [1.807, 2.05) is 0 Å². The van der Waals surface area contributed by atoms with Gasteiger partial charge in [-0.3, -0.25) is 4.79 Å². The van der Waals surface area contributed by atoms with Crippen LogP contribution in [0, 0.1) is 0 Å². The fraction of sp³-hybridized carbons (Fsp3) is 0.917. The molecule has 0 aromatic heterocycles. The molecule has 1 aliphatic carbocycles. The summed E-state index contributed by atoms with van der Waals surface area (Å²) in [6, 6.07) is 0. The number of hydrogen-bond acceptors (Lipinski definition) is 2. The molecule has 0 aromatic rings. The highest BCUT2D eigenvalue weighted by atomic mass is 28.4. The second kappa shape index (κ2) is 3.70. The minimum atomic E-state index is -1.70. The van der Waals surface area contributed by atoms with Gasteiger partial charge in [0.2, 0.25) is 0 Å². The summed E-state index contributed by atoms with van der Waals surface area (Å²) in [5.74, 6) is 0.256. The Balaban J connectivity index is 2.65. The van der Waals surface area contributed by atoms with Crippen LogP contribution in [-0.2, 0) is 9.22 Å². The van der Waals surface area contributed by atoms with Crippen molar-refractivity contribution in [3.63, 3.8) is 0 Å². The fourth-order valence-corrected chi connectivity index (χ4v) is 3.27. The van der Waals surface area contributed by atoms with Gasteiger partial charge >= 0.3 is 0 Å². The van der Waals surface area contributed by atoms with Gasteiger partial charge in [0.1, 0.15) is 5.78 Å². The maximum atomic E-state index is 11.2. The van der Waals surface area contributed by atoms with Gasteiger partial charge in [0.05, 0.1) is 5.60 Å². The van der Waals surface area contributed by atoms with E-state index in [4.69, 9.17) is 4.43 Å². The first-order chi connectivity index (χ1) is 6.58. The molecule has 0 N–H and O–H groups in total. The van der Waals surface area contributed by atoms with Gasteiger partial charge in [0.15, 0.2) is 8.32 Å². The largest absolute Gasteiger partial charge is 0.411 e. The quantitative estimate of drug-likeness (QED) is 0.688. The van der Waals surface area contributed by atoms with Crippen molar-refractivity contribution < 1.29 is 9.22 Å². The molecule has 0 unspecified atom stereocenters. The molecule has 3 heteroatoms. The van der Waals surface area contributed by atoms with Gasteiger partial charge in [-0.2, -0.15) is 0 Å². The van der Waals surface area contributed by atoms with Crippen LogP contribution < -0.4 is 0 Å². The van der Waals surface area contributed by atoms with Crippen LogP contribution in [0.5, 0.6) is 0 Å². The molecule has 0 saturated heterocycles. The molecule has 0 aromatic carbocycles. The van der Waals surface area contributed by atoms with Gasteiger partial charge in [-0.15, -0.1) is 0 Å². The van der Waals surface area contributed by atoms with E-state index in [1.165, 1.54) is 0 Å². The SMILES string of the molecule is CC(=O)CC1(O[Si](C)(C)C(C)(C)C)CC1. The Kier molecular flexibility index (Phi) is 3.19. The van der Waals surface area contributed by atoms with Crippen molar-refractivity contribution in [3.8, 4) is 0 Å². The summed E-state index contributed by atoms with van der Waals surface area (Å²) in [6.45, 7) is 12.9. The van der Waals surface area contributed by atoms with Crippen molar-refractivity contribution >= 4 is 14.1 Å². The summed E-state index contributed by atoms with van der Waals surface area (Å²) in [5, 5.41) is 0.235. The molecule has 1 saturated carbocycles. The van der Waals surface area contributed by atoms with Crippen molar-refractivity contribution in [3.05, 3.63) is 0 Å². The lowest BCUT2D eigenvalue weighted by Gasteiger charge is -2.39. The third-order valence-electron chi connectivity index (χ3n) is 3.66. The van der Waals surface area contributed by atoms with E-state index in [1.54, 1.807) is 6.92 Å². The zero-order valence-corrected chi connectivity index (χ0v) is 11.9. The zero-order chi connectivity index (χ0) is 11.9. The van der Waals surface area contributed by atoms with E-state index >= 15 is 0 Å². The van der Waals surface area contributed by atoms with Gasteiger partial charge in [0, 0.05) is 6.42 Å². The van der Waals surface area contributed by atoms with Crippen LogP contribution in [0.1, 0.15) is 47.0 Å². The van der Waals surface area contributed by atoms with Crippen molar-refractivity contribution in [2.45, 2.75) is 70.7 Å². The average molecular weight is 228 g/mol. The Morgan fingerprint density at radius 1 is 1.33 bits per heavy atom. The van der Waals surface area contributed by atoms with Crippen LogP contribution in [0.15, 0.2) is 0 Å². The van der Waals surface area contributed by atoms with Gasteiger partial charge in [-0.25, -0.2) is 0 Å². The van der Waals surface area contributed by atoms with E-state index < -0.39 is 8.32 Å². The Labute approximate surface area is 94.5 Å². The maximum Gasteiger partial charge on any atom is 0.192 e. The molecule has 0 atom stereocenters. The molecule has 0 amide bonds. The highest BCUT2D eigenvalue weighted by Crippen LogP contribution is 2.49. The number of Topliss-reactive ketones (excluding diaryl/α,β-unsaturated/α-hetero) is 1. The molecule has 15 heavy (non-hydrogen) atoms. The standard InChI is InChI=1S/C12H24O2Si/c1-10(13)9-12(7-8-12)14-15(5,6)11(2,3)4/h7-9H2,1-6H3. The summed E-state index contributed by atoms with van der Waals surface area (Å²) in [6.07, 6.45) is 2.75. The first-order valence-electron chi connectivity index (χ1n) is 5.78. The summed E-state index contributed by atoms with van der Waals surface area (Å²) in [7, 11) is -1.70. The zero-order valence-electron chi connectivity index (χ0n) is 10.9. The van der Waals surface area contributed by atoms with Crippen molar-refractivity contribution in [1.82, 2.24) is 0 Å². The summed E-state index contributed by atoms with van der Waals surface area (Å²) < 4.78 is 6.33. The van der Waals surface area contributed by atoms with Crippen molar-refractivity contribution in [1.29, 1.82) is 0 Å². The van der Waals surface area contributed by atoms with Crippen LogP contribution in [0.2, 0.25) is 18.1 Å². The highest BCUT2D eigenvalue weighted by Gasteiger charge is 2.51. The Bertz CT molecular complexity index is 259. The normalized spacial score (nSPS) is 20.1. The Hall–Kier alpha value is -0.153.